The Hall–Kier alpha value is -4.58. The Morgan fingerprint density at radius 3 is 2.53 bits per heavy atom. The van der Waals surface area contributed by atoms with Crippen molar-refractivity contribution < 1.29 is 9.18 Å². The van der Waals surface area contributed by atoms with Crippen molar-refractivity contribution in [2.24, 2.45) is 0 Å². The number of carbonyl (C=O) groups excluding carboxylic acids is 1. The fourth-order valence-electron chi connectivity index (χ4n) is 4.24. The molecule has 5 rings (SSSR count). The first-order chi connectivity index (χ1) is 17.5. The maximum Gasteiger partial charge on any atom is 0.321 e. The van der Waals surface area contributed by atoms with Crippen LogP contribution in [0.3, 0.4) is 0 Å². The van der Waals surface area contributed by atoms with Gasteiger partial charge in [0.2, 0.25) is 0 Å². The van der Waals surface area contributed by atoms with Crippen LogP contribution in [0.1, 0.15) is 11.4 Å². The second-order valence-corrected chi connectivity index (χ2v) is 8.64. The van der Waals surface area contributed by atoms with Gasteiger partial charge in [-0.2, -0.15) is 5.26 Å². The number of benzene rings is 2. The van der Waals surface area contributed by atoms with Crippen LogP contribution in [0, 0.1) is 24.1 Å². The SMILES string of the molecule is Cc1cccc(NC(=O)N2CCN(c3nc(CC#N)nc4ccc(-c5ccc(F)cc5)nc34)CC2)c1. The van der Waals surface area contributed by atoms with E-state index in [1.54, 1.807) is 17.0 Å². The molecule has 2 amide bonds. The Kier molecular flexibility index (Phi) is 6.41. The predicted molar refractivity (Wildman–Crippen MR) is 136 cm³/mol. The summed E-state index contributed by atoms with van der Waals surface area (Å²) in [6.07, 6.45) is 0.0848. The fraction of sp³-hybridized carbons (Fsp3) is 0.222. The number of nitrogens with zero attached hydrogens (tertiary/aromatic N) is 6. The molecule has 0 saturated carbocycles. The van der Waals surface area contributed by atoms with Crippen LogP contribution < -0.4 is 10.2 Å². The first-order valence-electron chi connectivity index (χ1n) is 11.7. The highest BCUT2D eigenvalue weighted by Crippen LogP contribution is 2.27. The summed E-state index contributed by atoms with van der Waals surface area (Å²) in [5.74, 6) is 0.748. The zero-order chi connectivity index (χ0) is 25.1. The number of nitrogens with one attached hydrogen (secondary N) is 1. The van der Waals surface area contributed by atoms with Crippen molar-refractivity contribution in [3.63, 3.8) is 0 Å². The minimum Gasteiger partial charge on any atom is -0.351 e. The molecule has 1 aliphatic heterocycles. The van der Waals surface area contributed by atoms with Crippen LogP contribution in [0.5, 0.6) is 0 Å². The van der Waals surface area contributed by atoms with Gasteiger partial charge >= 0.3 is 6.03 Å². The zero-order valence-corrected chi connectivity index (χ0v) is 19.8. The normalized spacial score (nSPS) is 13.5. The summed E-state index contributed by atoms with van der Waals surface area (Å²) in [4.78, 5) is 30.6. The van der Waals surface area contributed by atoms with Crippen LogP contribution in [0.2, 0.25) is 0 Å². The number of nitriles is 1. The lowest BCUT2D eigenvalue weighted by atomic mass is 10.1. The Bertz CT molecular complexity index is 1460. The van der Waals surface area contributed by atoms with Crippen molar-refractivity contribution in [1.29, 1.82) is 5.26 Å². The van der Waals surface area contributed by atoms with E-state index in [0.717, 1.165) is 16.8 Å². The number of rotatable bonds is 4. The van der Waals surface area contributed by atoms with Gasteiger partial charge in [-0.25, -0.2) is 24.1 Å². The summed E-state index contributed by atoms with van der Waals surface area (Å²) < 4.78 is 13.4. The van der Waals surface area contributed by atoms with E-state index in [0.29, 0.717) is 54.5 Å². The number of pyridine rings is 1. The molecular formula is C27H24FN7O. The van der Waals surface area contributed by atoms with Crippen LogP contribution in [-0.4, -0.2) is 52.1 Å². The van der Waals surface area contributed by atoms with Crippen molar-refractivity contribution in [2.75, 3.05) is 36.4 Å². The van der Waals surface area contributed by atoms with Crippen LogP contribution in [-0.2, 0) is 6.42 Å². The summed E-state index contributed by atoms with van der Waals surface area (Å²) in [6, 6.07) is 19.5. The first-order valence-corrected chi connectivity index (χ1v) is 11.7. The summed E-state index contributed by atoms with van der Waals surface area (Å²) in [7, 11) is 0. The van der Waals surface area contributed by atoms with E-state index in [1.165, 1.54) is 12.1 Å². The number of aromatic nitrogens is 3. The van der Waals surface area contributed by atoms with E-state index in [9.17, 15) is 14.4 Å². The molecular weight excluding hydrogens is 457 g/mol. The van der Waals surface area contributed by atoms with Gasteiger partial charge in [-0.15, -0.1) is 0 Å². The molecule has 8 nitrogen and oxygen atoms in total. The van der Waals surface area contributed by atoms with E-state index in [4.69, 9.17) is 4.98 Å². The predicted octanol–water partition coefficient (Wildman–Crippen LogP) is 4.56. The molecule has 2 aromatic heterocycles. The highest BCUT2D eigenvalue weighted by atomic mass is 19.1. The molecule has 1 N–H and O–H groups in total. The summed E-state index contributed by atoms with van der Waals surface area (Å²) in [6.45, 7) is 4.11. The number of aryl methyl sites for hydroxylation is 1. The monoisotopic (exact) mass is 481 g/mol. The third-order valence-electron chi connectivity index (χ3n) is 6.08. The van der Waals surface area contributed by atoms with Crippen LogP contribution in [0.15, 0.2) is 60.7 Å². The minimum atomic E-state index is -0.311. The minimum absolute atomic E-state index is 0.0848. The standard InChI is InChI=1S/C27H24FN7O/c1-18-3-2-4-21(17-18)30-27(36)35-15-13-34(14-16-35)26-25-23(31-24(33-26)11-12-29)10-9-22(32-25)19-5-7-20(28)8-6-19/h2-10,17H,11,13-16H2,1H3,(H,30,36). The van der Waals surface area contributed by atoms with Gasteiger partial charge in [-0.05, 0) is 61.0 Å². The van der Waals surface area contributed by atoms with Crippen molar-refractivity contribution >= 4 is 28.6 Å². The lowest BCUT2D eigenvalue weighted by molar-refractivity contribution is 0.208. The molecule has 0 unspecified atom stereocenters. The molecule has 2 aromatic carbocycles. The molecule has 4 aromatic rings. The molecule has 1 saturated heterocycles. The van der Waals surface area contributed by atoms with Gasteiger partial charge in [0, 0.05) is 37.4 Å². The number of carbonyl (C=O) groups is 1. The molecule has 0 atom stereocenters. The van der Waals surface area contributed by atoms with Gasteiger partial charge in [-0.1, -0.05) is 12.1 Å². The number of halogens is 1. The van der Waals surface area contributed by atoms with Crippen molar-refractivity contribution in [3.05, 3.63) is 77.9 Å². The third-order valence-corrected chi connectivity index (χ3v) is 6.08. The maximum atomic E-state index is 13.4. The molecule has 0 spiro atoms. The molecule has 3 heterocycles. The molecule has 9 heteroatoms. The highest BCUT2D eigenvalue weighted by Gasteiger charge is 2.25. The molecule has 36 heavy (non-hydrogen) atoms. The van der Waals surface area contributed by atoms with Gasteiger partial charge in [0.15, 0.2) is 5.82 Å². The number of anilines is 2. The van der Waals surface area contributed by atoms with Crippen molar-refractivity contribution in [3.8, 4) is 17.3 Å². The second kappa shape index (κ2) is 9.96. The van der Waals surface area contributed by atoms with Crippen molar-refractivity contribution in [2.45, 2.75) is 13.3 Å². The average molecular weight is 482 g/mol. The van der Waals surface area contributed by atoms with Gasteiger partial charge in [-0.3, -0.25) is 0 Å². The van der Waals surface area contributed by atoms with Gasteiger partial charge in [0.05, 0.1) is 23.7 Å². The van der Waals surface area contributed by atoms with E-state index < -0.39 is 0 Å². The average Bonchev–Trinajstić information content (AvgIpc) is 2.89. The Morgan fingerprint density at radius 1 is 1.03 bits per heavy atom. The Morgan fingerprint density at radius 2 is 1.81 bits per heavy atom. The zero-order valence-electron chi connectivity index (χ0n) is 19.8. The van der Waals surface area contributed by atoms with Crippen LogP contribution in [0.25, 0.3) is 22.3 Å². The van der Waals surface area contributed by atoms with Crippen LogP contribution >= 0.6 is 0 Å². The summed E-state index contributed by atoms with van der Waals surface area (Å²) >= 11 is 0. The quantitative estimate of drug-likeness (QED) is 0.459. The second-order valence-electron chi connectivity index (χ2n) is 8.64. The van der Waals surface area contributed by atoms with E-state index in [1.807, 2.05) is 43.3 Å². The summed E-state index contributed by atoms with van der Waals surface area (Å²) in [5, 5.41) is 12.2. The topological polar surface area (TPSA) is 98.0 Å². The smallest absolute Gasteiger partial charge is 0.321 e. The number of fused-ring (bicyclic) bond motifs is 1. The summed E-state index contributed by atoms with van der Waals surface area (Å²) in [5.41, 5.74) is 4.54. The number of hydrogen-bond donors (Lipinski definition) is 1. The van der Waals surface area contributed by atoms with E-state index in [2.05, 4.69) is 26.3 Å². The fourth-order valence-corrected chi connectivity index (χ4v) is 4.24. The lowest BCUT2D eigenvalue weighted by Crippen LogP contribution is -2.50. The number of urea groups is 1. The van der Waals surface area contributed by atoms with Crippen LogP contribution in [0.4, 0.5) is 20.7 Å². The van der Waals surface area contributed by atoms with Crippen molar-refractivity contribution in [1.82, 2.24) is 19.9 Å². The number of piperazine rings is 1. The molecule has 0 radical (unpaired) electrons. The molecule has 0 aliphatic carbocycles. The number of hydrogen-bond acceptors (Lipinski definition) is 6. The molecule has 1 fully saturated rings. The first kappa shape index (κ1) is 23.2. The third kappa shape index (κ3) is 4.93. The Labute approximate surface area is 208 Å². The highest BCUT2D eigenvalue weighted by molar-refractivity contribution is 5.90. The Balaban J connectivity index is 1.40. The molecule has 180 valence electrons. The van der Waals surface area contributed by atoms with Gasteiger partial charge in [0.1, 0.15) is 17.2 Å². The van der Waals surface area contributed by atoms with E-state index >= 15 is 0 Å². The maximum absolute atomic E-state index is 13.4. The number of amides is 2. The van der Waals surface area contributed by atoms with Gasteiger partial charge in [0.25, 0.3) is 0 Å². The molecule has 0 bridgehead atoms. The lowest BCUT2D eigenvalue weighted by Gasteiger charge is -2.35. The largest absolute Gasteiger partial charge is 0.351 e. The van der Waals surface area contributed by atoms with Gasteiger partial charge < -0.3 is 15.1 Å². The van der Waals surface area contributed by atoms with E-state index in [-0.39, 0.29) is 18.3 Å². The molecule has 1 aliphatic rings.